The first-order chi connectivity index (χ1) is 14.2. The van der Waals surface area contributed by atoms with Crippen LogP contribution in [-0.2, 0) is 11.4 Å². The third kappa shape index (κ3) is 6.39. The Morgan fingerprint density at radius 2 is 1.79 bits per heavy atom. The van der Waals surface area contributed by atoms with Crippen LogP contribution in [0, 0.1) is 0 Å². The molecule has 0 aliphatic carbocycles. The van der Waals surface area contributed by atoms with Gasteiger partial charge < -0.3 is 14.8 Å². The molecule has 0 fully saturated rings. The number of carbonyl (C=O) groups excluding carboxylic acids is 1. The van der Waals surface area contributed by atoms with Gasteiger partial charge in [0.2, 0.25) is 0 Å². The Balaban J connectivity index is 1.51. The number of methoxy groups -OCH3 is 1. The van der Waals surface area contributed by atoms with E-state index in [0.717, 1.165) is 22.6 Å². The van der Waals surface area contributed by atoms with Gasteiger partial charge in [-0.15, -0.1) is 0 Å². The van der Waals surface area contributed by atoms with Crippen molar-refractivity contribution in [2.24, 2.45) is 5.10 Å². The van der Waals surface area contributed by atoms with Crippen molar-refractivity contribution >= 4 is 17.8 Å². The molecular weight excluding hydrogens is 366 g/mol. The van der Waals surface area contributed by atoms with E-state index < -0.39 is 0 Å². The van der Waals surface area contributed by atoms with Crippen LogP contribution < -0.4 is 20.2 Å². The molecule has 3 aromatic carbocycles. The molecule has 148 valence electrons. The molecule has 0 heterocycles. The minimum Gasteiger partial charge on any atom is -0.497 e. The number of nitrogens with zero attached hydrogens (tertiary/aromatic N) is 1. The standard InChI is InChI=1S/C23H23N3O3/c1-28-21-12-7-11-20(14-21)24-16-23(27)26-25-15-19-10-5-6-13-22(19)29-17-18-8-3-2-4-9-18/h2-15,24H,16-17H2,1H3,(H,26,27)/b25-15-. The lowest BCUT2D eigenvalue weighted by atomic mass is 10.2. The van der Waals surface area contributed by atoms with Gasteiger partial charge in [-0.2, -0.15) is 5.10 Å². The highest BCUT2D eigenvalue weighted by atomic mass is 16.5. The number of para-hydroxylation sites is 1. The normalized spacial score (nSPS) is 10.5. The predicted octanol–water partition coefficient (Wildman–Crippen LogP) is 3.84. The number of hydrazone groups is 1. The van der Waals surface area contributed by atoms with E-state index in [9.17, 15) is 4.79 Å². The second-order valence-corrected chi connectivity index (χ2v) is 6.19. The Bertz CT molecular complexity index is 958. The summed E-state index contributed by atoms with van der Waals surface area (Å²) in [6.07, 6.45) is 1.57. The monoisotopic (exact) mass is 389 g/mol. The zero-order valence-corrected chi connectivity index (χ0v) is 16.2. The number of anilines is 1. The number of rotatable bonds is 9. The molecule has 6 heteroatoms. The summed E-state index contributed by atoms with van der Waals surface area (Å²) in [6, 6.07) is 24.8. The van der Waals surface area contributed by atoms with E-state index in [1.54, 1.807) is 13.3 Å². The maximum Gasteiger partial charge on any atom is 0.259 e. The lowest BCUT2D eigenvalue weighted by molar-refractivity contribution is -0.119. The largest absolute Gasteiger partial charge is 0.497 e. The van der Waals surface area contributed by atoms with Gasteiger partial charge in [0.1, 0.15) is 18.1 Å². The van der Waals surface area contributed by atoms with Crippen molar-refractivity contribution in [3.63, 3.8) is 0 Å². The summed E-state index contributed by atoms with van der Waals surface area (Å²) in [5, 5.41) is 7.06. The summed E-state index contributed by atoms with van der Waals surface area (Å²) in [7, 11) is 1.60. The van der Waals surface area contributed by atoms with Gasteiger partial charge in [-0.3, -0.25) is 4.79 Å². The van der Waals surface area contributed by atoms with Gasteiger partial charge in [-0.25, -0.2) is 5.43 Å². The molecule has 1 amide bonds. The summed E-state index contributed by atoms with van der Waals surface area (Å²) < 4.78 is 11.0. The fraction of sp³-hybridized carbons (Fsp3) is 0.130. The Hall–Kier alpha value is -3.80. The average molecular weight is 389 g/mol. The van der Waals surface area contributed by atoms with E-state index in [1.165, 1.54) is 0 Å². The summed E-state index contributed by atoms with van der Waals surface area (Å²) in [5.41, 5.74) is 5.17. The minimum absolute atomic E-state index is 0.0939. The van der Waals surface area contributed by atoms with E-state index in [0.29, 0.717) is 12.4 Å². The zero-order chi connectivity index (χ0) is 20.3. The first-order valence-electron chi connectivity index (χ1n) is 9.20. The van der Waals surface area contributed by atoms with Gasteiger partial charge in [0.15, 0.2) is 0 Å². The van der Waals surface area contributed by atoms with Crippen LogP contribution in [0.5, 0.6) is 11.5 Å². The molecule has 0 bridgehead atoms. The van der Waals surface area contributed by atoms with Crippen LogP contribution in [0.2, 0.25) is 0 Å². The van der Waals surface area contributed by atoms with Gasteiger partial charge in [-0.05, 0) is 29.8 Å². The smallest absolute Gasteiger partial charge is 0.259 e. The van der Waals surface area contributed by atoms with Crippen molar-refractivity contribution < 1.29 is 14.3 Å². The Morgan fingerprint density at radius 3 is 2.62 bits per heavy atom. The molecule has 0 saturated carbocycles. The number of nitrogens with one attached hydrogen (secondary N) is 2. The maximum absolute atomic E-state index is 12.0. The molecule has 0 aliphatic rings. The molecule has 2 N–H and O–H groups in total. The van der Waals surface area contributed by atoms with Crippen molar-refractivity contribution in [1.29, 1.82) is 0 Å². The molecule has 3 aromatic rings. The van der Waals surface area contributed by atoms with Gasteiger partial charge >= 0.3 is 0 Å². The van der Waals surface area contributed by atoms with Crippen LogP contribution in [0.25, 0.3) is 0 Å². The van der Waals surface area contributed by atoms with Crippen LogP contribution in [-0.4, -0.2) is 25.8 Å². The van der Waals surface area contributed by atoms with E-state index in [-0.39, 0.29) is 12.5 Å². The van der Waals surface area contributed by atoms with E-state index in [4.69, 9.17) is 9.47 Å². The second kappa shape index (κ2) is 10.5. The molecule has 0 spiro atoms. The topological polar surface area (TPSA) is 72.0 Å². The van der Waals surface area contributed by atoms with Crippen molar-refractivity contribution in [3.8, 4) is 11.5 Å². The van der Waals surface area contributed by atoms with Crippen LogP contribution in [0.15, 0.2) is 84.0 Å². The Morgan fingerprint density at radius 1 is 1.00 bits per heavy atom. The number of hydrogen-bond acceptors (Lipinski definition) is 5. The predicted molar refractivity (Wildman–Crippen MR) is 114 cm³/mol. The van der Waals surface area contributed by atoms with E-state index >= 15 is 0 Å². The average Bonchev–Trinajstić information content (AvgIpc) is 2.78. The first kappa shape index (κ1) is 19.9. The number of carbonyl (C=O) groups is 1. The van der Waals surface area contributed by atoms with Crippen molar-refractivity contribution in [3.05, 3.63) is 90.0 Å². The third-order valence-corrected chi connectivity index (χ3v) is 4.07. The summed E-state index contributed by atoms with van der Waals surface area (Å²) in [5.74, 6) is 1.16. The fourth-order valence-corrected chi connectivity index (χ4v) is 2.58. The molecular formula is C23H23N3O3. The third-order valence-electron chi connectivity index (χ3n) is 4.07. The van der Waals surface area contributed by atoms with Crippen molar-refractivity contribution in [2.45, 2.75) is 6.61 Å². The Labute approximate surface area is 170 Å². The van der Waals surface area contributed by atoms with Crippen molar-refractivity contribution in [2.75, 3.05) is 19.0 Å². The van der Waals surface area contributed by atoms with Gasteiger partial charge in [-0.1, -0.05) is 48.5 Å². The summed E-state index contributed by atoms with van der Waals surface area (Å²) in [6.45, 7) is 0.555. The number of ether oxygens (including phenoxy) is 2. The zero-order valence-electron chi connectivity index (χ0n) is 16.2. The highest BCUT2D eigenvalue weighted by Crippen LogP contribution is 2.18. The van der Waals surface area contributed by atoms with Crippen LogP contribution in [0.3, 0.4) is 0 Å². The maximum atomic E-state index is 12.0. The lowest BCUT2D eigenvalue weighted by Crippen LogP contribution is -2.25. The molecule has 0 radical (unpaired) electrons. The van der Waals surface area contributed by atoms with Gasteiger partial charge in [0.05, 0.1) is 19.9 Å². The van der Waals surface area contributed by atoms with E-state index in [1.807, 2.05) is 78.9 Å². The van der Waals surface area contributed by atoms with Crippen molar-refractivity contribution in [1.82, 2.24) is 5.43 Å². The fourth-order valence-electron chi connectivity index (χ4n) is 2.58. The molecule has 0 aliphatic heterocycles. The molecule has 0 saturated heterocycles. The molecule has 0 unspecified atom stereocenters. The van der Waals surface area contributed by atoms with Gasteiger partial charge in [0.25, 0.3) is 5.91 Å². The molecule has 0 aromatic heterocycles. The minimum atomic E-state index is -0.258. The summed E-state index contributed by atoms with van der Waals surface area (Å²) in [4.78, 5) is 12.0. The molecule has 0 atom stereocenters. The first-order valence-corrected chi connectivity index (χ1v) is 9.20. The Kier molecular flexibility index (Phi) is 7.23. The highest BCUT2D eigenvalue weighted by Gasteiger charge is 2.03. The molecule has 29 heavy (non-hydrogen) atoms. The van der Waals surface area contributed by atoms with Crippen LogP contribution in [0.1, 0.15) is 11.1 Å². The summed E-state index contributed by atoms with van der Waals surface area (Å²) >= 11 is 0. The quantitative estimate of drug-likeness (QED) is 0.431. The molecule has 6 nitrogen and oxygen atoms in total. The second-order valence-electron chi connectivity index (χ2n) is 6.19. The molecule has 3 rings (SSSR count). The van der Waals surface area contributed by atoms with E-state index in [2.05, 4.69) is 15.8 Å². The number of hydrogen-bond donors (Lipinski definition) is 2. The lowest BCUT2D eigenvalue weighted by Gasteiger charge is -2.09. The highest BCUT2D eigenvalue weighted by molar-refractivity contribution is 5.86. The number of benzene rings is 3. The van der Waals surface area contributed by atoms with Crippen LogP contribution >= 0.6 is 0 Å². The number of amides is 1. The van der Waals surface area contributed by atoms with Crippen LogP contribution in [0.4, 0.5) is 5.69 Å². The van der Waals surface area contributed by atoms with Gasteiger partial charge in [0, 0.05) is 17.3 Å². The SMILES string of the molecule is COc1cccc(NCC(=O)N/N=C\c2ccccc2OCc2ccccc2)c1.